The Kier molecular flexibility index (Phi) is 8.22. The van der Waals surface area contributed by atoms with Crippen molar-refractivity contribution in [1.29, 1.82) is 0 Å². The van der Waals surface area contributed by atoms with Gasteiger partial charge in [-0.2, -0.15) is 0 Å². The van der Waals surface area contributed by atoms with Crippen LogP contribution in [-0.4, -0.2) is 20.5 Å². The molecule has 0 bridgehead atoms. The summed E-state index contributed by atoms with van der Waals surface area (Å²) >= 11 is 0. The summed E-state index contributed by atoms with van der Waals surface area (Å²) < 4.78 is 12.9. The molecule has 0 fully saturated rings. The predicted molar refractivity (Wildman–Crippen MR) is 105 cm³/mol. The Morgan fingerprint density at radius 2 is 1.75 bits per heavy atom. The second-order valence-corrected chi connectivity index (χ2v) is 12.7. The lowest BCUT2D eigenvalue weighted by molar-refractivity contribution is -0.0443. The Morgan fingerprint density at radius 1 is 1.12 bits per heavy atom. The fraction of sp³-hybridized carbons (Fsp3) is 0.619. The molecule has 1 aromatic carbocycles. The molecular weight excluding hydrogens is 312 g/mol. The molecule has 0 saturated heterocycles. The Hall–Kier alpha value is -1.08. The lowest BCUT2D eigenvalue weighted by atomic mass is 10.1. The Morgan fingerprint density at radius 3 is 2.25 bits per heavy atom. The summed E-state index contributed by atoms with van der Waals surface area (Å²) in [5.41, 5.74) is 1.19. The normalized spacial score (nSPS) is 14.9. The number of rotatable bonds is 9. The van der Waals surface area contributed by atoms with Gasteiger partial charge in [-0.05, 0) is 36.5 Å². The Balaban J connectivity index is 2.81. The lowest BCUT2D eigenvalue weighted by Gasteiger charge is -2.41. The van der Waals surface area contributed by atoms with Crippen molar-refractivity contribution in [1.82, 2.24) is 0 Å². The molecule has 134 valence electrons. The summed E-state index contributed by atoms with van der Waals surface area (Å²) in [5, 5.41) is 0.191. The summed E-state index contributed by atoms with van der Waals surface area (Å²) in [7, 11) is -1.83. The van der Waals surface area contributed by atoms with Gasteiger partial charge in [0.25, 0.3) is 0 Å². The molecule has 0 aliphatic rings. The van der Waals surface area contributed by atoms with E-state index >= 15 is 0 Å². The van der Waals surface area contributed by atoms with Crippen molar-refractivity contribution in [2.75, 3.05) is 0 Å². The summed E-state index contributed by atoms with van der Waals surface area (Å²) in [6, 6.07) is 10.3. The molecule has 1 aromatic rings. The van der Waals surface area contributed by atoms with Gasteiger partial charge in [0.05, 0.1) is 18.8 Å². The van der Waals surface area contributed by atoms with E-state index in [9.17, 15) is 0 Å². The van der Waals surface area contributed by atoms with Crippen LogP contribution >= 0.6 is 0 Å². The Labute approximate surface area is 150 Å². The highest BCUT2D eigenvalue weighted by Crippen LogP contribution is 2.38. The van der Waals surface area contributed by atoms with Crippen LogP contribution in [0.25, 0.3) is 0 Å². The van der Waals surface area contributed by atoms with E-state index in [1.54, 1.807) is 0 Å². The Bertz CT molecular complexity index is 511. The first kappa shape index (κ1) is 21.0. The van der Waals surface area contributed by atoms with Gasteiger partial charge in [-0.1, -0.05) is 58.0 Å². The van der Waals surface area contributed by atoms with E-state index in [0.717, 1.165) is 19.3 Å². The third-order valence-corrected chi connectivity index (χ3v) is 9.45. The first-order valence-electron chi connectivity index (χ1n) is 8.98. The molecule has 0 unspecified atom stereocenters. The average molecular weight is 347 g/mol. The number of hydrogen-bond acceptors (Lipinski definition) is 2. The first-order valence-corrected chi connectivity index (χ1v) is 11.9. The maximum atomic E-state index is 6.64. The predicted octanol–water partition coefficient (Wildman–Crippen LogP) is 5.79. The quantitative estimate of drug-likeness (QED) is 0.416. The van der Waals surface area contributed by atoms with Crippen LogP contribution in [-0.2, 0) is 15.8 Å². The van der Waals surface area contributed by atoms with E-state index in [-0.39, 0.29) is 17.2 Å². The van der Waals surface area contributed by atoms with Gasteiger partial charge in [0.15, 0.2) is 8.32 Å². The van der Waals surface area contributed by atoms with E-state index in [2.05, 4.69) is 58.8 Å². The number of benzene rings is 1. The zero-order chi connectivity index (χ0) is 18.2. The minimum Gasteiger partial charge on any atom is -0.411 e. The molecule has 2 atom stereocenters. The summed E-state index contributed by atoms with van der Waals surface area (Å²) in [4.78, 5) is 0. The summed E-state index contributed by atoms with van der Waals surface area (Å²) in [5.74, 6) is 2.74. The van der Waals surface area contributed by atoms with Crippen molar-refractivity contribution in [2.45, 2.75) is 83.9 Å². The summed E-state index contributed by atoms with van der Waals surface area (Å²) in [6.07, 6.45) is 8.13. The van der Waals surface area contributed by atoms with Gasteiger partial charge in [-0.15, -0.1) is 12.3 Å². The van der Waals surface area contributed by atoms with Gasteiger partial charge >= 0.3 is 0 Å². The van der Waals surface area contributed by atoms with Crippen molar-refractivity contribution in [3.05, 3.63) is 35.9 Å². The molecule has 24 heavy (non-hydrogen) atoms. The average Bonchev–Trinajstić information content (AvgIpc) is 2.53. The van der Waals surface area contributed by atoms with Crippen molar-refractivity contribution in [3.8, 4) is 12.3 Å². The molecule has 0 heterocycles. The fourth-order valence-electron chi connectivity index (χ4n) is 2.36. The fourth-order valence-corrected chi connectivity index (χ4v) is 3.79. The lowest BCUT2D eigenvalue weighted by Crippen LogP contribution is -2.47. The molecular formula is C21H34O2Si. The molecule has 0 saturated carbocycles. The van der Waals surface area contributed by atoms with E-state index in [0.29, 0.717) is 6.61 Å². The van der Waals surface area contributed by atoms with Gasteiger partial charge in [0, 0.05) is 6.42 Å². The van der Waals surface area contributed by atoms with Gasteiger partial charge in [-0.25, -0.2) is 0 Å². The van der Waals surface area contributed by atoms with Crippen LogP contribution in [0.1, 0.15) is 52.5 Å². The zero-order valence-corrected chi connectivity index (χ0v) is 17.3. The van der Waals surface area contributed by atoms with Gasteiger partial charge in [0.1, 0.15) is 0 Å². The van der Waals surface area contributed by atoms with Crippen LogP contribution in [0.15, 0.2) is 30.3 Å². The van der Waals surface area contributed by atoms with E-state index in [4.69, 9.17) is 15.6 Å². The van der Waals surface area contributed by atoms with Crippen molar-refractivity contribution in [2.24, 2.45) is 0 Å². The molecule has 0 aromatic heterocycles. The topological polar surface area (TPSA) is 18.5 Å². The van der Waals surface area contributed by atoms with Crippen LogP contribution in [0.3, 0.4) is 0 Å². The third-order valence-electron chi connectivity index (χ3n) is 4.95. The molecule has 2 nitrogen and oxygen atoms in total. The molecule has 0 N–H and O–H groups in total. The van der Waals surface area contributed by atoms with E-state index < -0.39 is 8.32 Å². The molecule has 0 amide bonds. The highest BCUT2D eigenvalue weighted by molar-refractivity contribution is 6.74. The molecule has 0 aliphatic carbocycles. The van der Waals surface area contributed by atoms with Crippen LogP contribution in [0.5, 0.6) is 0 Å². The van der Waals surface area contributed by atoms with Gasteiger partial charge < -0.3 is 9.16 Å². The van der Waals surface area contributed by atoms with Crippen LogP contribution < -0.4 is 0 Å². The molecule has 0 radical (unpaired) electrons. The zero-order valence-electron chi connectivity index (χ0n) is 16.3. The molecule has 0 spiro atoms. The van der Waals surface area contributed by atoms with Gasteiger partial charge in [0.2, 0.25) is 0 Å². The molecule has 3 heteroatoms. The minimum absolute atomic E-state index is 0.0420. The maximum Gasteiger partial charge on any atom is 0.192 e. The third kappa shape index (κ3) is 6.43. The van der Waals surface area contributed by atoms with Gasteiger partial charge in [-0.3, -0.25) is 0 Å². The van der Waals surface area contributed by atoms with E-state index in [1.165, 1.54) is 5.56 Å². The second-order valence-electron chi connectivity index (χ2n) is 7.90. The van der Waals surface area contributed by atoms with Crippen molar-refractivity contribution in [3.63, 3.8) is 0 Å². The highest BCUT2D eigenvalue weighted by atomic mass is 28.4. The largest absolute Gasteiger partial charge is 0.411 e. The minimum atomic E-state index is -1.83. The molecule has 1 rings (SSSR count). The van der Waals surface area contributed by atoms with Crippen LogP contribution in [0.2, 0.25) is 18.1 Å². The number of hydrogen-bond donors (Lipinski definition) is 0. The van der Waals surface area contributed by atoms with Crippen LogP contribution in [0.4, 0.5) is 0 Å². The second kappa shape index (κ2) is 9.41. The summed E-state index contributed by atoms with van der Waals surface area (Å²) in [6.45, 7) is 14.2. The van der Waals surface area contributed by atoms with Crippen LogP contribution in [0, 0.1) is 12.3 Å². The highest BCUT2D eigenvalue weighted by Gasteiger charge is 2.40. The molecule has 0 aliphatic heterocycles. The smallest absolute Gasteiger partial charge is 0.192 e. The van der Waals surface area contributed by atoms with Crippen molar-refractivity contribution < 1.29 is 9.16 Å². The number of terminal acetylenes is 1. The first-order chi connectivity index (χ1) is 11.2. The monoisotopic (exact) mass is 346 g/mol. The van der Waals surface area contributed by atoms with Crippen molar-refractivity contribution >= 4 is 8.32 Å². The SMILES string of the molecule is C#CCC[C@@H](OCc1ccccc1)[C@H](CC)O[Si](C)(C)C(C)(C)C. The van der Waals surface area contributed by atoms with E-state index in [1.807, 2.05) is 18.2 Å². The maximum absolute atomic E-state index is 6.64. The standard InChI is InChI=1S/C21H34O2Si/c1-8-10-16-20(22-17-18-14-12-11-13-15-18)19(9-2)23-24(6,7)21(3,4)5/h1,11-15,19-20H,9-10,16-17H2,2-7H3/t19-,20+/m0/s1. The number of ether oxygens (including phenoxy) is 1.